The number of rotatable bonds is 7. The van der Waals surface area contributed by atoms with E-state index in [0.717, 1.165) is 24.2 Å². The minimum absolute atomic E-state index is 0.375. The average Bonchev–Trinajstić information content (AvgIpc) is 2.41. The lowest BCUT2D eigenvalue weighted by Crippen LogP contribution is -2.05. The summed E-state index contributed by atoms with van der Waals surface area (Å²) in [7, 11) is 0. The molecule has 1 aromatic rings. The summed E-state index contributed by atoms with van der Waals surface area (Å²) in [5.41, 5.74) is 7.45. The van der Waals surface area contributed by atoms with E-state index in [1.54, 1.807) is 0 Å². The van der Waals surface area contributed by atoms with E-state index in [0.29, 0.717) is 26.4 Å². The number of benzene rings is 1. The van der Waals surface area contributed by atoms with Crippen LogP contribution in [0.25, 0.3) is 0 Å². The molecule has 0 atom stereocenters. The molecule has 0 aromatic heterocycles. The van der Waals surface area contributed by atoms with E-state index in [1.165, 1.54) is 0 Å². The number of hydrogen-bond donors (Lipinski definition) is 1. The molecule has 0 fully saturated rings. The molecule has 0 radical (unpaired) electrons. The van der Waals surface area contributed by atoms with Gasteiger partial charge < -0.3 is 15.2 Å². The van der Waals surface area contributed by atoms with Crippen LogP contribution in [0.5, 0.6) is 0 Å². The first-order chi connectivity index (χ1) is 8.88. The van der Waals surface area contributed by atoms with Gasteiger partial charge in [0.2, 0.25) is 0 Å². The minimum Gasteiger partial charge on any atom is -0.379 e. The van der Waals surface area contributed by atoms with E-state index < -0.39 is 0 Å². The molecule has 0 aliphatic rings. The molecule has 1 rings (SSSR count). The number of ether oxygens (including phenoxy) is 2. The largest absolute Gasteiger partial charge is 0.379 e. The first kappa shape index (κ1) is 14.7. The molecule has 0 saturated carbocycles. The lowest BCUT2D eigenvalue weighted by molar-refractivity contribution is 0.0408. The van der Waals surface area contributed by atoms with Crippen molar-refractivity contribution >= 4 is 0 Å². The van der Waals surface area contributed by atoms with Gasteiger partial charge in [-0.3, -0.25) is 0 Å². The SMILES string of the molecule is CCCOCCOCc1ccccc1C#CCN. The van der Waals surface area contributed by atoms with Crippen molar-refractivity contribution in [3.8, 4) is 11.8 Å². The Morgan fingerprint density at radius 3 is 2.67 bits per heavy atom. The normalized spacial score (nSPS) is 9.89. The van der Waals surface area contributed by atoms with Crippen LogP contribution in [0.1, 0.15) is 24.5 Å². The van der Waals surface area contributed by atoms with Crippen LogP contribution in [-0.4, -0.2) is 26.4 Å². The molecule has 0 amide bonds. The van der Waals surface area contributed by atoms with Gasteiger partial charge in [0, 0.05) is 12.2 Å². The van der Waals surface area contributed by atoms with Crippen LogP contribution in [0.2, 0.25) is 0 Å². The van der Waals surface area contributed by atoms with Gasteiger partial charge in [-0.05, 0) is 18.1 Å². The second-order valence-corrected chi connectivity index (χ2v) is 3.83. The fourth-order valence-electron chi connectivity index (χ4n) is 1.46. The summed E-state index contributed by atoms with van der Waals surface area (Å²) >= 11 is 0. The van der Waals surface area contributed by atoms with Crippen LogP contribution in [0.4, 0.5) is 0 Å². The van der Waals surface area contributed by atoms with Crippen molar-refractivity contribution in [1.29, 1.82) is 0 Å². The fourth-order valence-corrected chi connectivity index (χ4v) is 1.46. The summed E-state index contributed by atoms with van der Waals surface area (Å²) in [6, 6.07) is 7.96. The van der Waals surface area contributed by atoms with Crippen molar-refractivity contribution in [1.82, 2.24) is 0 Å². The van der Waals surface area contributed by atoms with Crippen molar-refractivity contribution in [3.05, 3.63) is 35.4 Å². The predicted octanol–water partition coefficient (Wildman–Crippen LogP) is 1.94. The van der Waals surface area contributed by atoms with Gasteiger partial charge in [-0.1, -0.05) is 37.0 Å². The topological polar surface area (TPSA) is 44.5 Å². The van der Waals surface area contributed by atoms with Crippen LogP contribution in [0, 0.1) is 11.8 Å². The minimum atomic E-state index is 0.375. The zero-order valence-electron chi connectivity index (χ0n) is 10.9. The number of nitrogens with two attached hydrogens (primary N) is 1. The highest BCUT2D eigenvalue weighted by Gasteiger charge is 1.99. The third kappa shape index (κ3) is 5.83. The second-order valence-electron chi connectivity index (χ2n) is 3.83. The van der Waals surface area contributed by atoms with Gasteiger partial charge >= 0.3 is 0 Å². The van der Waals surface area contributed by atoms with Crippen LogP contribution in [0.15, 0.2) is 24.3 Å². The molecule has 0 saturated heterocycles. The van der Waals surface area contributed by atoms with Crippen molar-refractivity contribution in [2.45, 2.75) is 20.0 Å². The van der Waals surface area contributed by atoms with Crippen molar-refractivity contribution in [3.63, 3.8) is 0 Å². The van der Waals surface area contributed by atoms with E-state index in [2.05, 4.69) is 18.8 Å². The highest BCUT2D eigenvalue weighted by Crippen LogP contribution is 2.08. The number of hydrogen-bond acceptors (Lipinski definition) is 3. The third-order valence-electron chi connectivity index (χ3n) is 2.32. The van der Waals surface area contributed by atoms with E-state index in [9.17, 15) is 0 Å². The van der Waals surface area contributed by atoms with Gasteiger partial charge in [-0.2, -0.15) is 0 Å². The standard InChI is InChI=1S/C15H21NO2/c1-2-10-17-11-12-18-13-15-7-4-3-6-14(15)8-5-9-16/h3-4,6-7H,2,9-13,16H2,1H3. The zero-order chi connectivity index (χ0) is 13.1. The first-order valence-electron chi connectivity index (χ1n) is 6.30. The maximum atomic E-state index is 5.56. The Bertz CT molecular complexity index is 393. The molecule has 18 heavy (non-hydrogen) atoms. The second kappa shape index (κ2) is 9.67. The summed E-state index contributed by atoms with van der Waals surface area (Å²) in [4.78, 5) is 0. The molecule has 0 spiro atoms. The summed E-state index contributed by atoms with van der Waals surface area (Å²) < 4.78 is 10.9. The van der Waals surface area contributed by atoms with Gasteiger partial charge in [0.1, 0.15) is 0 Å². The smallest absolute Gasteiger partial charge is 0.0730 e. The highest BCUT2D eigenvalue weighted by molar-refractivity contribution is 5.41. The van der Waals surface area contributed by atoms with Gasteiger partial charge in [0.05, 0.1) is 26.4 Å². The zero-order valence-corrected chi connectivity index (χ0v) is 10.9. The summed E-state index contributed by atoms with van der Waals surface area (Å²) in [6.45, 7) is 5.07. The lowest BCUT2D eigenvalue weighted by Gasteiger charge is -2.06. The Labute approximate surface area is 109 Å². The monoisotopic (exact) mass is 247 g/mol. The fraction of sp³-hybridized carbons (Fsp3) is 0.467. The molecule has 98 valence electrons. The average molecular weight is 247 g/mol. The molecule has 0 aliphatic carbocycles. The molecular weight excluding hydrogens is 226 g/mol. The van der Waals surface area contributed by atoms with Gasteiger partial charge in [0.15, 0.2) is 0 Å². The van der Waals surface area contributed by atoms with E-state index in [4.69, 9.17) is 15.2 Å². The molecule has 0 unspecified atom stereocenters. The quantitative estimate of drug-likeness (QED) is 0.591. The Morgan fingerprint density at radius 1 is 1.11 bits per heavy atom. The van der Waals surface area contributed by atoms with Crippen LogP contribution in [0.3, 0.4) is 0 Å². The summed E-state index contributed by atoms with van der Waals surface area (Å²) in [6.07, 6.45) is 1.04. The Balaban J connectivity index is 2.37. The van der Waals surface area contributed by atoms with Crippen LogP contribution in [-0.2, 0) is 16.1 Å². The summed E-state index contributed by atoms with van der Waals surface area (Å²) in [5, 5.41) is 0. The van der Waals surface area contributed by atoms with E-state index in [-0.39, 0.29) is 0 Å². The predicted molar refractivity (Wildman–Crippen MR) is 73.1 cm³/mol. The Hall–Kier alpha value is -1.34. The molecular formula is C15H21NO2. The molecule has 3 nitrogen and oxygen atoms in total. The summed E-state index contributed by atoms with van der Waals surface area (Å²) in [5.74, 6) is 5.91. The Kier molecular flexibility index (Phi) is 7.90. The van der Waals surface area contributed by atoms with E-state index >= 15 is 0 Å². The molecule has 2 N–H and O–H groups in total. The van der Waals surface area contributed by atoms with Crippen LogP contribution < -0.4 is 5.73 Å². The molecule has 0 bridgehead atoms. The maximum absolute atomic E-state index is 5.56. The highest BCUT2D eigenvalue weighted by atomic mass is 16.5. The molecule has 0 heterocycles. The van der Waals surface area contributed by atoms with Crippen molar-refractivity contribution in [2.75, 3.05) is 26.4 Å². The van der Waals surface area contributed by atoms with Gasteiger partial charge in [0.25, 0.3) is 0 Å². The third-order valence-corrected chi connectivity index (χ3v) is 2.32. The van der Waals surface area contributed by atoms with Gasteiger partial charge in [-0.15, -0.1) is 0 Å². The molecule has 0 aliphatic heterocycles. The van der Waals surface area contributed by atoms with Gasteiger partial charge in [-0.25, -0.2) is 0 Å². The van der Waals surface area contributed by atoms with E-state index in [1.807, 2.05) is 24.3 Å². The van der Waals surface area contributed by atoms with Crippen LogP contribution >= 0.6 is 0 Å². The maximum Gasteiger partial charge on any atom is 0.0730 e. The Morgan fingerprint density at radius 2 is 1.89 bits per heavy atom. The molecule has 1 aromatic carbocycles. The lowest BCUT2D eigenvalue weighted by atomic mass is 10.1. The van der Waals surface area contributed by atoms with Crippen molar-refractivity contribution in [2.24, 2.45) is 5.73 Å². The first-order valence-corrected chi connectivity index (χ1v) is 6.30. The van der Waals surface area contributed by atoms with Crippen molar-refractivity contribution < 1.29 is 9.47 Å². The molecule has 3 heteroatoms.